The molecular formula is C20H18BrClN2O3. The molecule has 5 aliphatic rings. The van der Waals surface area contributed by atoms with Crippen LogP contribution < -0.4 is 5.32 Å². The van der Waals surface area contributed by atoms with Crippen LogP contribution in [0.5, 0.6) is 0 Å². The van der Waals surface area contributed by atoms with Crippen molar-refractivity contribution in [2.45, 2.75) is 12.8 Å². The Labute approximate surface area is 170 Å². The van der Waals surface area contributed by atoms with E-state index >= 15 is 0 Å². The minimum atomic E-state index is -0.243. The number of carbonyl (C=O) groups excluding carboxylic acids is 3. The van der Waals surface area contributed by atoms with Gasteiger partial charge in [0.15, 0.2) is 0 Å². The molecule has 0 radical (unpaired) electrons. The third-order valence-electron chi connectivity index (χ3n) is 6.52. The average Bonchev–Trinajstić information content (AvgIpc) is 3.42. The van der Waals surface area contributed by atoms with Gasteiger partial charge in [0.25, 0.3) is 0 Å². The van der Waals surface area contributed by atoms with Crippen molar-refractivity contribution in [2.24, 2.45) is 35.5 Å². The summed E-state index contributed by atoms with van der Waals surface area (Å²) in [6.45, 7) is 0.134. The Kier molecular flexibility index (Phi) is 3.99. The summed E-state index contributed by atoms with van der Waals surface area (Å²) < 4.78 is 0.749. The van der Waals surface area contributed by atoms with E-state index in [0.29, 0.717) is 22.5 Å². The molecule has 0 unspecified atom stereocenters. The van der Waals surface area contributed by atoms with E-state index in [1.807, 2.05) is 0 Å². The number of hydrogen-bond acceptors (Lipinski definition) is 3. The number of rotatable bonds is 4. The van der Waals surface area contributed by atoms with Crippen LogP contribution in [0.3, 0.4) is 0 Å². The Bertz CT molecular complexity index is 865. The first kappa shape index (κ1) is 17.4. The van der Waals surface area contributed by atoms with Crippen molar-refractivity contribution in [2.75, 3.05) is 11.9 Å². The molecule has 27 heavy (non-hydrogen) atoms. The van der Waals surface area contributed by atoms with Gasteiger partial charge in [0, 0.05) is 23.1 Å². The largest absolute Gasteiger partial charge is 0.326 e. The lowest BCUT2D eigenvalue weighted by Gasteiger charge is -2.37. The van der Waals surface area contributed by atoms with Crippen LogP contribution in [-0.2, 0) is 14.4 Å². The maximum Gasteiger partial charge on any atom is 0.233 e. The summed E-state index contributed by atoms with van der Waals surface area (Å²) in [5.74, 6) is 0.771. The molecule has 3 fully saturated rings. The van der Waals surface area contributed by atoms with E-state index in [0.717, 1.165) is 10.9 Å². The highest BCUT2D eigenvalue weighted by atomic mass is 79.9. The number of likely N-dealkylation sites (tertiary alicyclic amines) is 1. The molecule has 140 valence electrons. The fourth-order valence-electron chi connectivity index (χ4n) is 5.25. The van der Waals surface area contributed by atoms with Gasteiger partial charge in [0.1, 0.15) is 0 Å². The number of halogens is 2. The van der Waals surface area contributed by atoms with Crippen molar-refractivity contribution in [1.29, 1.82) is 0 Å². The maximum atomic E-state index is 12.9. The molecule has 0 aromatic heterocycles. The van der Waals surface area contributed by atoms with Crippen LogP contribution >= 0.6 is 27.5 Å². The first-order valence-corrected chi connectivity index (χ1v) is 10.4. The van der Waals surface area contributed by atoms with Crippen LogP contribution in [0.1, 0.15) is 12.8 Å². The second-order valence-electron chi connectivity index (χ2n) is 7.91. The highest BCUT2D eigenvalue weighted by Gasteiger charge is 2.66. The van der Waals surface area contributed by atoms with E-state index in [1.165, 1.54) is 4.90 Å². The van der Waals surface area contributed by atoms with E-state index in [9.17, 15) is 14.4 Å². The summed E-state index contributed by atoms with van der Waals surface area (Å²) in [6.07, 6.45) is 5.53. The minimum absolute atomic E-state index is 0.0836. The standard InChI is InChI=1S/C20H18BrClN2O3/c21-14-4-1-9(7-15(14)22)23-16(25)5-6-24-19(26)17-10-2-3-11(13-8-12(10)13)18(17)20(24)27/h1-4,7,10-13,17-18H,5-6,8H2,(H,23,25)/t10-,11+,12-,13-,17+,18-/m1/s1. The molecule has 2 bridgehead atoms. The van der Waals surface area contributed by atoms with Crippen LogP contribution in [0.4, 0.5) is 5.69 Å². The van der Waals surface area contributed by atoms with Gasteiger partial charge in [-0.2, -0.15) is 0 Å². The molecule has 1 saturated heterocycles. The number of amides is 3. The number of imide groups is 1. The summed E-state index contributed by atoms with van der Waals surface area (Å²) in [5.41, 5.74) is 0.586. The Hall–Kier alpha value is -1.66. The Morgan fingerprint density at radius 2 is 1.78 bits per heavy atom. The van der Waals surface area contributed by atoms with E-state index in [-0.39, 0.29) is 54.4 Å². The van der Waals surface area contributed by atoms with Crippen LogP contribution in [-0.4, -0.2) is 29.2 Å². The van der Waals surface area contributed by atoms with Gasteiger partial charge in [-0.1, -0.05) is 23.8 Å². The lowest BCUT2D eigenvalue weighted by atomic mass is 9.63. The molecular weight excluding hydrogens is 432 g/mol. The molecule has 1 N–H and O–H groups in total. The summed E-state index contributed by atoms with van der Waals surface area (Å²) in [7, 11) is 0. The van der Waals surface area contributed by atoms with Crippen molar-refractivity contribution in [1.82, 2.24) is 4.90 Å². The number of anilines is 1. The molecule has 6 rings (SSSR count). The zero-order valence-corrected chi connectivity index (χ0v) is 16.7. The van der Waals surface area contributed by atoms with Crippen molar-refractivity contribution < 1.29 is 14.4 Å². The van der Waals surface area contributed by atoms with E-state index in [1.54, 1.807) is 18.2 Å². The Morgan fingerprint density at radius 1 is 1.15 bits per heavy atom. The summed E-state index contributed by atoms with van der Waals surface area (Å²) >= 11 is 9.34. The maximum absolute atomic E-state index is 12.9. The molecule has 7 heteroatoms. The number of hydrogen-bond donors (Lipinski definition) is 1. The first-order valence-electron chi connectivity index (χ1n) is 9.24. The van der Waals surface area contributed by atoms with Gasteiger partial charge < -0.3 is 5.32 Å². The van der Waals surface area contributed by atoms with Gasteiger partial charge in [-0.25, -0.2) is 0 Å². The number of nitrogens with one attached hydrogen (secondary N) is 1. The number of benzene rings is 1. The van der Waals surface area contributed by atoms with Gasteiger partial charge in [-0.15, -0.1) is 0 Å². The van der Waals surface area contributed by atoms with E-state index in [4.69, 9.17) is 11.6 Å². The van der Waals surface area contributed by atoms with Gasteiger partial charge in [-0.05, 0) is 64.2 Å². The second-order valence-corrected chi connectivity index (χ2v) is 9.17. The highest BCUT2D eigenvalue weighted by Crippen LogP contribution is 2.65. The topological polar surface area (TPSA) is 66.5 Å². The van der Waals surface area contributed by atoms with Crippen LogP contribution in [0.25, 0.3) is 0 Å². The molecule has 5 nitrogen and oxygen atoms in total. The Morgan fingerprint density at radius 3 is 2.37 bits per heavy atom. The first-order chi connectivity index (χ1) is 13.0. The predicted molar refractivity (Wildman–Crippen MR) is 104 cm³/mol. The molecule has 6 atom stereocenters. The van der Waals surface area contributed by atoms with Gasteiger partial charge in [0.05, 0.1) is 16.9 Å². The Balaban J connectivity index is 1.24. The van der Waals surface area contributed by atoms with Crippen LogP contribution in [0, 0.1) is 35.5 Å². The normalized spacial score (nSPS) is 35.3. The minimum Gasteiger partial charge on any atom is -0.326 e. The SMILES string of the molecule is O=C(CCN1C(=O)[C@@H]2[C@H]3C=C[C@H]([C@H]4C[C@H]34)[C@@H]2C1=O)Nc1ccc(Br)c(Cl)c1. The quantitative estimate of drug-likeness (QED) is 0.565. The molecule has 3 amide bonds. The second kappa shape index (κ2) is 6.17. The molecule has 2 saturated carbocycles. The summed E-state index contributed by atoms with van der Waals surface area (Å²) in [6, 6.07) is 5.15. The lowest BCUT2D eigenvalue weighted by Crippen LogP contribution is -2.40. The summed E-state index contributed by atoms with van der Waals surface area (Å²) in [5, 5.41) is 3.27. The highest BCUT2D eigenvalue weighted by molar-refractivity contribution is 9.10. The molecule has 1 aromatic carbocycles. The number of allylic oxidation sites excluding steroid dienone is 2. The van der Waals surface area contributed by atoms with Crippen LogP contribution in [0.2, 0.25) is 5.02 Å². The monoisotopic (exact) mass is 448 g/mol. The molecule has 1 aliphatic heterocycles. The van der Waals surface area contributed by atoms with E-state index < -0.39 is 0 Å². The molecule has 0 spiro atoms. The van der Waals surface area contributed by atoms with Crippen LogP contribution in [0.15, 0.2) is 34.8 Å². The van der Waals surface area contributed by atoms with Crippen molar-refractivity contribution in [3.63, 3.8) is 0 Å². The van der Waals surface area contributed by atoms with Gasteiger partial charge in [-0.3, -0.25) is 19.3 Å². The third-order valence-corrected chi connectivity index (χ3v) is 7.75. The van der Waals surface area contributed by atoms with Crippen molar-refractivity contribution in [3.8, 4) is 0 Å². The van der Waals surface area contributed by atoms with Crippen molar-refractivity contribution >= 4 is 50.9 Å². The lowest BCUT2D eigenvalue weighted by molar-refractivity contribution is -0.140. The fourth-order valence-corrected chi connectivity index (χ4v) is 5.68. The third kappa shape index (κ3) is 2.68. The number of carbonyl (C=O) groups is 3. The van der Waals surface area contributed by atoms with Gasteiger partial charge >= 0.3 is 0 Å². The number of nitrogens with zero attached hydrogens (tertiary/aromatic N) is 1. The molecule has 1 aromatic rings. The molecule has 4 aliphatic carbocycles. The van der Waals surface area contributed by atoms with Crippen molar-refractivity contribution in [3.05, 3.63) is 39.8 Å². The average molecular weight is 450 g/mol. The summed E-state index contributed by atoms with van der Waals surface area (Å²) in [4.78, 5) is 39.3. The predicted octanol–water partition coefficient (Wildman–Crippen LogP) is 3.48. The zero-order chi connectivity index (χ0) is 18.9. The fraction of sp³-hybridized carbons (Fsp3) is 0.450. The van der Waals surface area contributed by atoms with Gasteiger partial charge in [0.2, 0.25) is 17.7 Å². The smallest absolute Gasteiger partial charge is 0.233 e. The van der Waals surface area contributed by atoms with E-state index in [2.05, 4.69) is 33.4 Å². The zero-order valence-electron chi connectivity index (χ0n) is 14.4. The molecule has 1 heterocycles.